The number of phenols is 1. The molecule has 0 amide bonds. The van der Waals surface area contributed by atoms with Crippen LogP contribution in [0.2, 0.25) is 0 Å². The van der Waals surface area contributed by atoms with Crippen molar-refractivity contribution in [3.05, 3.63) is 35.7 Å². The lowest BCUT2D eigenvalue weighted by atomic mass is 10.0. The van der Waals surface area contributed by atoms with Crippen LogP contribution >= 0.6 is 0 Å². The van der Waals surface area contributed by atoms with Gasteiger partial charge in [0.2, 0.25) is 0 Å². The Kier molecular flexibility index (Phi) is 2.19. The quantitative estimate of drug-likeness (QED) is 0.602. The number of benzene rings is 1. The van der Waals surface area contributed by atoms with Gasteiger partial charge in [-0.1, -0.05) is 0 Å². The summed E-state index contributed by atoms with van der Waals surface area (Å²) < 4.78 is 0. The number of aryl methyl sites for hydroxylation is 1. The van der Waals surface area contributed by atoms with Gasteiger partial charge in [0, 0.05) is 22.2 Å². The second kappa shape index (κ2) is 3.73. The predicted molar refractivity (Wildman–Crippen MR) is 67.7 cm³/mol. The maximum Gasteiger partial charge on any atom is 0.153 e. The predicted octanol–water partition coefficient (Wildman–Crippen LogP) is 2.38. The minimum Gasteiger partial charge on any atom is -0.508 e. The number of carbonyl (C=O) groups is 1. The molecular weight excluding hydrogens is 230 g/mol. The van der Waals surface area contributed by atoms with E-state index >= 15 is 0 Å². The summed E-state index contributed by atoms with van der Waals surface area (Å²) in [5.41, 5.74) is 3.86. The maximum atomic E-state index is 11.0. The van der Waals surface area contributed by atoms with E-state index in [1.807, 2.05) is 6.92 Å². The van der Waals surface area contributed by atoms with E-state index in [9.17, 15) is 9.90 Å². The highest BCUT2D eigenvalue weighted by molar-refractivity contribution is 6.00. The molecular formula is C13H11N3O2. The summed E-state index contributed by atoms with van der Waals surface area (Å²) in [5, 5.41) is 17.2. The minimum atomic E-state index is 0.190. The summed E-state index contributed by atoms with van der Waals surface area (Å²) in [7, 11) is 0. The van der Waals surface area contributed by atoms with Crippen LogP contribution in [0, 0.1) is 6.92 Å². The summed E-state index contributed by atoms with van der Waals surface area (Å²) in [4.78, 5) is 14.2. The SMILES string of the molecule is Cc1[nH]c2ccc(O)cc2c1-c1[nH]ncc1C=O. The molecule has 2 heterocycles. The molecule has 0 saturated heterocycles. The van der Waals surface area contributed by atoms with Gasteiger partial charge in [-0.2, -0.15) is 5.10 Å². The number of nitrogens with zero attached hydrogens (tertiary/aromatic N) is 1. The summed E-state index contributed by atoms with van der Waals surface area (Å²) in [6, 6.07) is 5.09. The number of aldehydes is 1. The summed E-state index contributed by atoms with van der Waals surface area (Å²) in [6.07, 6.45) is 2.25. The number of H-pyrrole nitrogens is 2. The summed E-state index contributed by atoms with van der Waals surface area (Å²) >= 11 is 0. The van der Waals surface area contributed by atoms with Crippen LogP contribution in [0.1, 0.15) is 16.1 Å². The molecule has 90 valence electrons. The molecule has 0 fully saturated rings. The van der Waals surface area contributed by atoms with Gasteiger partial charge in [0.1, 0.15) is 5.75 Å². The van der Waals surface area contributed by atoms with Crippen molar-refractivity contribution in [2.24, 2.45) is 0 Å². The number of carbonyl (C=O) groups excluding carboxylic acids is 1. The van der Waals surface area contributed by atoms with Crippen LogP contribution in [0.5, 0.6) is 5.75 Å². The Morgan fingerprint density at radius 2 is 2.22 bits per heavy atom. The average molecular weight is 241 g/mol. The second-order valence-electron chi connectivity index (χ2n) is 4.17. The Hall–Kier alpha value is -2.56. The zero-order chi connectivity index (χ0) is 12.7. The Morgan fingerprint density at radius 3 is 3.00 bits per heavy atom. The number of nitrogens with one attached hydrogen (secondary N) is 2. The van der Waals surface area contributed by atoms with Crippen molar-refractivity contribution in [3.8, 4) is 17.0 Å². The fraction of sp³-hybridized carbons (Fsp3) is 0.0769. The first-order valence-electron chi connectivity index (χ1n) is 5.51. The molecule has 0 saturated carbocycles. The zero-order valence-electron chi connectivity index (χ0n) is 9.69. The largest absolute Gasteiger partial charge is 0.508 e. The van der Waals surface area contributed by atoms with Crippen molar-refractivity contribution in [2.75, 3.05) is 0 Å². The van der Waals surface area contributed by atoms with Gasteiger partial charge in [0.15, 0.2) is 6.29 Å². The Labute approximate surface area is 102 Å². The lowest BCUT2D eigenvalue weighted by molar-refractivity contribution is 0.112. The first-order chi connectivity index (χ1) is 8.70. The minimum absolute atomic E-state index is 0.190. The van der Waals surface area contributed by atoms with Crippen LogP contribution in [0.25, 0.3) is 22.2 Å². The average Bonchev–Trinajstić information content (AvgIpc) is 2.91. The molecule has 0 unspecified atom stereocenters. The molecule has 0 spiro atoms. The first kappa shape index (κ1) is 10.6. The van der Waals surface area contributed by atoms with Crippen LogP contribution in [-0.2, 0) is 0 Å². The summed E-state index contributed by atoms with van der Waals surface area (Å²) in [6.45, 7) is 1.92. The van der Waals surface area contributed by atoms with Gasteiger partial charge in [-0.3, -0.25) is 9.89 Å². The molecule has 0 aliphatic carbocycles. The van der Waals surface area contributed by atoms with E-state index in [4.69, 9.17) is 0 Å². The number of aromatic hydroxyl groups is 1. The van der Waals surface area contributed by atoms with E-state index in [0.717, 1.165) is 28.4 Å². The molecule has 2 aromatic heterocycles. The van der Waals surface area contributed by atoms with Gasteiger partial charge in [-0.15, -0.1) is 0 Å². The molecule has 0 radical (unpaired) electrons. The topological polar surface area (TPSA) is 81.8 Å². The van der Waals surface area contributed by atoms with E-state index in [-0.39, 0.29) is 5.75 Å². The van der Waals surface area contributed by atoms with Crippen LogP contribution in [-0.4, -0.2) is 26.6 Å². The number of hydrogen-bond acceptors (Lipinski definition) is 3. The molecule has 0 atom stereocenters. The van der Waals surface area contributed by atoms with Crippen LogP contribution < -0.4 is 0 Å². The smallest absolute Gasteiger partial charge is 0.153 e. The van der Waals surface area contributed by atoms with Gasteiger partial charge in [-0.25, -0.2) is 0 Å². The highest BCUT2D eigenvalue weighted by Crippen LogP contribution is 2.34. The fourth-order valence-corrected chi connectivity index (χ4v) is 2.22. The van der Waals surface area contributed by atoms with Gasteiger partial charge >= 0.3 is 0 Å². The third-order valence-corrected chi connectivity index (χ3v) is 3.02. The van der Waals surface area contributed by atoms with E-state index in [1.54, 1.807) is 18.2 Å². The van der Waals surface area contributed by atoms with Crippen molar-refractivity contribution in [2.45, 2.75) is 6.92 Å². The van der Waals surface area contributed by atoms with E-state index in [1.165, 1.54) is 6.20 Å². The molecule has 0 bridgehead atoms. The van der Waals surface area contributed by atoms with Gasteiger partial charge in [-0.05, 0) is 25.1 Å². The second-order valence-corrected chi connectivity index (χ2v) is 4.17. The zero-order valence-corrected chi connectivity index (χ0v) is 9.69. The normalized spacial score (nSPS) is 10.9. The number of aromatic nitrogens is 3. The van der Waals surface area contributed by atoms with E-state index in [0.29, 0.717) is 11.3 Å². The van der Waals surface area contributed by atoms with E-state index < -0.39 is 0 Å². The Bertz CT molecular complexity index is 740. The molecule has 1 aromatic carbocycles. The highest BCUT2D eigenvalue weighted by atomic mass is 16.3. The molecule has 3 aromatic rings. The number of rotatable bonds is 2. The molecule has 5 heteroatoms. The van der Waals surface area contributed by atoms with Crippen molar-refractivity contribution < 1.29 is 9.90 Å². The molecule has 18 heavy (non-hydrogen) atoms. The van der Waals surface area contributed by atoms with Crippen molar-refractivity contribution in [1.82, 2.24) is 15.2 Å². The van der Waals surface area contributed by atoms with Crippen LogP contribution in [0.15, 0.2) is 24.4 Å². The number of phenolic OH excluding ortho intramolecular Hbond substituents is 1. The standard InChI is InChI=1S/C13H11N3O2/c1-7-12(13-8(6-17)5-14-16-13)10-4-9(18)2-3-11(10)15-7/h2-6,15,18H,1H3,(H,14,16). The fourth-order valence-electron chi connectivity index (χ4n) is 2.22. The van der Waals surface area contributed by atoms with Gasteiger partial charge < -0.3 is 10.1 Å². The van der Waals surface area contributed by atoms with Crippen LogP contribution in [0.4, 0.5) is 0 Å². The third kappa shape index (κ3) is 1.41. The first-order valence-corrected chi connectivity index (χ1v) is 5.51. The highest BCUT2D eigenvalue weighted by Gasteiger charge is 2.15. The third-order valence-electron chi connectivity index (χ3n) is 3.02. The van der Waals surface area contributed by atoms with Crippen molar-refractivity contribution >= 4 is 17.2 Å². The lowest BCUT2D eigenvalue weighted by Gasteiger charge is -1.99. The van der Waals surface area contributed by atoms with E-state index in [2.05, 4.69) is 15.2 Å². The maximum absolute atomic E-state index is 11.0. The Morgan fingerprint density at radius 1 is 1.39 bits per heavy atom. The van der Waals surface area contributed by atoms with Crippen LogP contribution in [0.3, 0.4) is 0 Å². The monoisotopic (exact) mass is 241 g/mol. The molecule has 0 aliphatic rings. The number of aromatic amines is 2. The summed E-state index contributed by atoms with van der Waals surface area (Å²) in [5.74, 6) is 0.190. The number of hydrogen-bond donors (Lipinski definition) is 3. The van der Waals surface area contributed by atoms with Gasteiger partial charge in [0.05, 0.1) is 17.5 Å². The molecule has 3 rings (SSSR count). The van der Waals surface area contributed by atoms with Crippen molar-refractivity contribution in [3.63, 3.8) is 0 Å². The molecule has 5 nitrogen and oxygen atoms in total. The lowest BCUT2D eigenvalue weighted by Crippen LogP contribution is -1.85. The Balaban J connectivity index is 2.37. The molecule has 0 aliphatic heterocycles. The number of fused-ring (bicyclic) bond motifs is 1. The van der Waals surface area contributed by atoms with Crippen molar-refractivity contribution in [1.29, 1.82) is 0 Å². The molecule has 3 N–H and O–H groups in total. The van der Waals surface area contributed by atoms with Gasteiger partial charge in [0.25, 0.3) is 0 Å².